The lowest BCUT2D eigenvalue weighted by Gasteiger charge is -2.37. The number of hydrogen-bond acceptors (Lipinski definition) is 9. The zero-order valence-electron chi connectivity index (χ0n) is 26.8. The lowest BCUT2D eigenvalue weighted by Crippen LogP contribution is -2.46. The van der Waals surface area contributed by atoms with E-state index >= 15 is 0 Å². The maximum Gasteiger partial charge on any atom is 0.217 e. The normalized spacial score (nSPS) is 20.2. The van der Waals surface area contributed by atoms with Gasteiger partial charge in [0.05, 0.1) is 17.3 Å². The van der Waals surface area contributed by atoms with Gasteiger partial charge in [0.15, 0.2) is 4.80 Å². The Hall–Kier alpha value is -3.87. The fraction of sp³-hybridized carbons (Fsp3) is 0.343. The number of anilines is 2. The van der Waals surface area contributed by atoms with Crippen LogP contribution in [0.1, 0.15) is 25.5 Å². The van der Waals surface area contributed by atoms with Gasteiger partial charge in [0.1, 0.15) is 37.7 Å². The fourth-order valence-electron chi connectivity index (χ4n) is 6.05. The zero-order chi connectivity index (χ0) is 33.1. The number of piperazine rings is 1. The number of nitrogens with zero attached hydrogens (tertiary/aromatic N) is 7. The lowest BCUT2D eigenvalue weighted by molar-refractivity contribution is -0.190. The summed E-state index contributed by atoms with van der Waals surface area (Å²) in [5, 5.41) is 7.32. The molecule has 0 saturated carbocycles. The van der Waals surface area contributed by atoms with Crippen LogP contribution in [-0.4, -0.2) is 64.8 Å². The van der Waals surface area contributed by atoms with Crippen LogP contribution in [0.5, 0.6) is 5.75 Å². The molecule has 2 atom stereocenters. The maximum atomic E-state index is 6.59. The van der Waals surface area contributed by atoms with Crippen LogP contribution in [0.15, 0.2) is 96.0 Å². The first-order valence-electron chi connectivity index (χ1n) is 16.0. The molecule has 7 rings (SSSR count). The summed E-state index contributed by atoms with van der Waals surface area (Å²) in [6.07, 6.45) is 4.87. The van der Waals surface area contributed by atoms with Crippen molar-refractivity contribution in [1.82, 2.24) is 19.3 Å². The van der Waals surface area contributed by atoms with Crippen molar-refractivity contribution in [3.63, 3.8) is 0 Å². The molecule has 13 heteroatoms. The summed E-state index contributed by atoms with van der Waals surface area (Å²) in [7, 11) is 0. The Morgan fingerprint density at radius 3 is 2.33 bits per heavy atom. The Kier molecular flexibility index (Phi) is 9.74. The molecule has 10 nitrogen and oxygen atoms in total. The number of ether oxygens (including phenoxy) is 3. The summed E-state index contributed by atoms with van der Waals surface area (Å²) in [6, 6.07) is 22.5. The van der Waals surface area contributed by atoms with Gasteiger partial charge >= 0.3 is 0 Å². The molecule has 0 amide bonds. The van der Waals surface area contributed by atoms with Crippen molar-refractivity contribution in [3.05, 3.63) is 111 Å². The number of aromatic nitrogens is 4. The molecule has 2 aliphatic rings. The number of halogens is 2. The van der Waals surface area contributed by atoms with Crippen molar-refractivity contribution in [2.75, 3.05) is 49.2 Å². The first kappa shape index (κ1) is 32.7. The zero-order valence-corrected chi connectivity index (χ0v) is 29.1. The summed E-state index contributed by atoms with van der Waals surface area (Å²) in [5.41, 5.74) is 4.05. The molecule has 0 radical (unpaired) electrons. The van der Waals surface area contributed by atoms with Crippen molar-refractivity contribution in [2.45, 2.75) is 38.3 Å². The predicted octanol–water partition coefficient (Wildman–Crippen LogP) is 6.94. The van der Waals surface area contributed by atoms with Crippen LogP contribution in [0, 0.1) is 0 Å². The van der Waals surface area contributed by atoms with Crippen molar-refractivity contribution in [1.29, 1.82) is 0 Å². The van der Waals surface area contributed by atoms with Crippen LogP contribution < -0.4 is 19.3 Å². The highest BCUT2D eigenvalue weighted by molar-refractivity contribution is 7.07. The lowest BCUT2D eigenvalue weighted by atomic mass is 10.1. The quantitative estimate of drug-likeness (QED) is 0.156. The number of thiazole rings is 1. The van der Waals surface area contributed by atoms with E-state index in [1.54, 1.807) is 34.5 Å². The Bertz CT molecular complexity index is 1870. The molecule has 0 bridgehead atoms. The first-order valence-corrected chi connectivity index (χ1v) is 17.6. The highest BCUT2D eigenvalue weighted by atomic mass is 35.5. The molecule has 0 N–H and O–H groups in total. The third kappa shape index (κ3) is 7.25. The first-order chi connectivity index (χ1) is 23.3. The van der Waals surface area contributed by atoms with E-state index in [2.05, 4.69) is 86.3 Å². The molecule has 2 unspecified atom stereocenters. The number of hydrogen-bond donors (Lipinski definition) is 0. The van der Waals surface area contributed by atoms with E-state index in [-0.39, 0.29) is 12.6 Å². The molecule has 4 heterocycles. The largest absolute Gasteiger partial charge is 0.491 e. The fourth-order valence-corrected chi connectivity index (χ4v) is 7.47. The van der Waals surface area contributed by atoms with E-state index in [4.69, 9.17) is 42.4 Å². The van der Waals surface area contributed by atoms with Crippen molar-refractivity contribution >= 4 is 51.6 Å². The van der Waals surface area contributed by atoms with E-state index < -0.39 is 5.79 Å². The number of benzene rings is 3. The average molecular weight is 707 g/mol. The molecule has 2 aromatic heterocycles. The van der Waals surface area contributed by atoms with Gasteiger partial charge in [-0.25, -0.2) is 14.7 Å². The molecule has 250 valence electrons. The minimum Gasteiger partial charge on any atom is -0.491 e. The van der Waals surface area contributed by atoms with Gasteiger partial charge in [-0.2, -0.15) is 5.10 Å². The third-order valence-corrected chi connectivity index (χ3v) is 9.89. The monoisotopic (exact) mass is 705 g/mol. The highest BCUT2D eigenvalue weighted by Crippen LogP contribution is 2.40. The molecule has 2 aliphatic heterocycles. The van der Waals surface area contributed by atoms with Gasteiger partial charge in [0.2, 0.25) is 5.79 Å². The molecule has 2 saturated heterocycles. The van der Waals surface area contributed by atoms with Crippen molar-refractivity contribution < 1.29 is 14.2 Å². The highest BCUT2D eigenvalue weighted by Gasteiger charge is 2.45. The van der Waals surface area contributed by atoms with Gasteiger partial charge in [-0.15, -0.1) is 11.3 Å². The summed E-state index contributed by atoms with van der Waals surface area (Å²) in [5.74, 6) is -0.376. The van der Waals surface area contributed by atoms with E-state index in [1.807, 2.05) is 18.2 Å². The van der Waals surface area contributed by atoms with Crippen LogP contribution in [0.4, 0.5) is 17.1 Å². The van der Waals surface area contributed by atoms with Crippen molar-refractivity contribution in [2.24, 2.45) is 4.99 Å². The van der Waals surface area contributed by atoms with Crippen molar-refractivity contribution in [3.8, 4) is 5.75 Å². The molecule has 5 aromatic rings. The van der Waals surface area contributed by atoms with Crippen LogP contribution >= 0.6 is 34.5 Å². The standard InChI is InChI=1S/C35H37Cl2N7O3S/c1-25(2)44-17-18-48-34(44)40-27-4-6-28(7-5-27)41-13-15-42(16-14-41)29-8-10-30(11-9-29)45-20-31-21-46-35(47-31,22-43-24-38-23-39-43)32-12-3-26(36)19-33(32)37/h3-12,17-19,23-25,31H,13-16,20-22H2,1-2H3/b40-34-. The Balaban J connectivity index is 0.925. The SMILES string of the molecule is CC(C)n1ccs/c1=N\c1ccc(N2CCN(c3ccc(OCC4COC(Cn5cncn5)(c5ccc(Cl)cc5Cl)O4)cc3)CC2)cc1. The van der Waals surface area contributed by atoms with Crippen LogP contribution in [0.3, 0.4) is 0 Å². The van der Waals surface area contributed by atoms with E-state index in [0.29, 0.717) is 34.9 Å². The second-order valence-electron chi connectivity index (χ2n) is 12.1. The molecular weight excluding hydrogens is 669 g/mol. The van der Waals surface area contributed by atoms with E-state index in [9.17, 15) is 0 Å². The van der Waals surface area contributed by atoms with Gasteiger partial charge in [-0.1, -0.05) is 29.3 Å². The predicted molar refractivity (Wildman–Crippen MR) is 190 cm³/mol. The van der Waals surface area contributed by atoms with Gasteiger partial charge in [0, 0.05) is 65.8 Å². The summed E-state index contributed by atoms with van der Waals surface area (Å²) in [4.78, 5) is 14.8. The molecule has 0 spiro atoms. The third-order valence-electron chi connectivity index (χ3n) is 8.57. The van der Waals surface area contributed by atoms with E-state index in [1.165, 1.54) is 17.7 Å². The smallest absolute Gasteiger partial charge is 0.217 e. The van der Waals surface area contributed by atoms with Gasteiger partial charge in [0.25, 0.3) is 0 Å². The summed E-state index contributed by atoms with van der Waals surface area (Å²) < 4.78 is 22.8. The topological polar surface area (TPSA) is 82.2 Å². The second kappa shape index (κ2) is 14.3. The summed E-state index contributed by atoms with van der Waals surface area (Å²) in [6.45, 7) is 9.04. The molecule has 0 aliphatic carbocycles. The molecule has 48 heavy (non-hydrogen) atoms. The van der Waals surface area contributed by atoms with Crippen LogP contribution in [0.25, 0.3) is 0 Å². The minimum absolute atomic E-state index is 0.280. The molecular formula is C35H37Cl2N7O3S. The summed E-state index contributed by atoms with van der Waals surface area (Å²) >= 11 is 14.4. The Labute approximate surface area is 293 Å². The second-order valence-corrected chi connectivity index (χ2v) is 13.8. The number of rotatable bonds is 10. The van der Waals surface area contributed by atoms with Gasteiger partial charge < -0.3 is 28.6 Å². The average Bonchev–Trinajstić information content (AvgIpc) is 3.87. The van der Waals surface area contributed by atoms with E-state index in [0.717, 1.165) is 42.4 Å². The Morgan fingerprint density at radius 1 is 0.979 bits per heavy atom. The van der Waals surface area contributed by atoms with Crippen LogP contribution in [0.2, 0.25) is 10.0 Å². The molecule has 3 aromatic carbocycles. The molecule has 2 fully saturated rings. The van der Waals surface area contributed by atoms with Crippen LogP contribution in [-0.2, 0) is 21.8 Å². The minimum atomic E-state index is -1.15. The Morgan fingerprint density at radius 2 is 1.69 bits per heavy atom. The van der Waals surface area contributed by atoms with Gasteiger partial charge in [-0.3, -0.25) is 0 Å². The van der Waals surface area contributed by atoms with Gasteiger partial charge in [-0.05, 0) is 74.5 Å². The maximum absolute atomic E-state index is 6.59.